The molecule has 0 atom stereocenters. The number of carboxylic acid groups (broad SMARTS) is 1. The van der Waals surface area contributed by atoms with E-state index in [2.05, 4.69) is 5.32 Å². The van der Waals surface area contributed by atoms with E-state index in [1.165, 1.54) is 0 Å². The second-order valence-electron chi connectivity index (χ2n) is 5.44. The smallest absolute Gasteiger partial charge is 0.337 e. The molecule has 0 radical (unpaired) electrons. The summed E-state index contributed by atoms with van der Waals surface area (Å²) in [5, 5.41) is 11.5. The van der Waals surface area contributed by atoms with E-state index in [-0.39, 0.29) is 11.3 Å². The lowest BCUT2D eigenvalue weighted by molar-refractivity contribution is -0.0249. The number of urea groups is 1. The maximum atomic E-state index is 13.3. The van der Waals surface area contributed by atoms with E-state index in [1.54, 1.807) is 4.90 Å². The van der Waals surface area contributed by atoms with Crippen LogP contribution in [-0.4, -0.2) is 47.3 Å². The van der Waals surface area contributed by atoms with E-state index in [4.69, 9.17) is 9.84 Å². The number of rotatable bonds is 2. The van der Waals surface area contributed by atoms with Gasteiger partial charge in [0.1, 0.15) is 5.82 Å². The number of carboxylic acids is 1. The molecule has 7 heteroatoms. The van der Waals surface area contributed by atoms with Crippen molar-refractivity contribution >= 4 is 17.7 Å². The number of carbonyl (C=O) groups excluding carboxylic acids is 1. The first-order valence-electron chi connectivity index (χ1n) is 6.50. The molecule has 21 heavy (non-hydrogen) atoms. The highest BCUT2D eigenvalue weighted by atomic mass is 19.1. The molecule has 0 bridgehead atoms. The molecule has 0 spiro atoms. The molecular weight excluding hydrogens is 279 g/mol. The van der Waals surface area contributed by atoms with Crippen LogP contribution in [0.25, 0.3) is 0 Å². The SMILES string of the molecule is CC1(C)COCCN1C(=O)Nc1cc(F)ccc1C(=O)O. The number of aromatic carboxylic acids is 1. The number of ether oxygens (including phenoxy) is 1. The molecule has 0 unspecified atom stereocenters. The van der Waals surface area contributed by atoms with Crippen molar-refractivity contribution < 1.29 is 23.8 Å². The van der Waals surface area contributed by atoms with E-state index >= 15 is 0 Å². The Morgan fingerprint density at radius 3 is 2.76 bits per heavy atom. The molecule has 114 valence electrons. The number of anilines is 1. The molecular formula is C14H17FN2O4. The van der Waals surface area contributed by atoms with E-state index < -0.39 is 23.4 Å². The first-order valence-corrected chi connectivity index (χ1v) is 6.50. The number of hydrogen-bond donors (Lipinski definition) is 2. The molecule has 2 amide bonds. The number of nitrogens with zero attached hydrogens (tertiary/aromatic N) is 1. The molecule has 0 saturated carbocycles. The number of benzene rings is 1. The van der Waals surface area contributed by atoms with Crippen molar-refractivity contribution in [3.05, 3.63) is 29.6 Å². The van der Waals surface area contributed by atoms with Crippen molar-refractivity contribution in [1.82, 2.24) is 4.90 Å². The van der Waals surface area contributed by atoms with Gasteiger partial charge in [0.2, 0.25) is 0 Å². The summed E-state index contributed by atoms with van der Waals surface area (Å²) in [6, 6.07) is 2.68. The van der Waals surface area contributed by atoms with Crippen molar-refractivity contribution in [1.29, 1.82) is 0 Å². The minimum atomic E-state index is -1.23. The summed E-state index contributed by atoms with van der Waals surface area (Å²) >= 11 is 0. The minimum Gasteiger partial charge on any atom is -0.478 e. The lowest BCUT2D eigenvalue weighted by Crippen LogP contribution is -2.56. The first kappa shape index (κ1) is 15.2. The van der Waals surface area contributed by atoms with Crippen molar-refractivity contribution in [2.45, 2.75) is 19.4 Å². The Kier molecular flexibility index (Phi) is 4.13. The third kappa shape index (κ3) is 3.30. The van der Waals surface area contributed by atoms with Gasteiger partial charge in [-0.1, -0.05) is 0 Å². The van der Waals surface area contributed by atoms with Crippen LogP contribution in [0.4, 0.5) is 14.9 Å². The summed E-state index contributed by atoms with van der Waals surface area (Å²) in [5.41, 5.74) is -0.732. The first-order chi connectivity index (χ1) is 9.81. The monoisotopic (exact) mass is 296 g/mol. The second-order valence-corrected chi connectivity index (χ2v) is 5.44. The number of nitrogens with one attached hydrogen (secondary N) is 1. The number of carbonyl (C=O) groups is 2. The molecule has 1 aromatic carbocycles. The predicted molar refractivity (Wildman–Crippen MR) is 74.0 cm³/mol. The van der Waals surface area contributed by atoms with Gasteiger partial charge >= 0.3 is 12.0 Å². The van der Waals surface area contributed by atoms with E-state index in [9.17, 15) is 14.0 Å². The van der Waals surface area contributed by atoms with Crippen molar-refractivity contribution in [3.8, 4) is 0 Å². The third-order valence-corrected chi connectivity index (χ3v) is 3.34. The van der Waals surface area contributed by atoms with E-state index in [0.717, 1.165) is 18.2 Å². The zero-order chi connectivity index (χ0) is 15.6. The Balaban J connectivity index is 2.23. The van der Waals surface area contributed by atoms with Crippen molar-refractivity contribution in [3.63, 3.8) is 0 Å². The van der Waals surface area contributed by atoms with Gasteiger partial charge in [-0.15, -0.1) is 0 Å². The van der Waals surface area contributed by atoms with Crippen LogP contribution in [0.5, 0.6) is 0 Å². The van der Waals surface area contributed by atoms with Gasteiger partial charge in [-0.05, 0) is 32.0 Å². The second kappa shape index (κ2) is 5.69. The molecule has 1 aliphatic rings. The lowest BCUT2D eigenvalue weighted by atomic mass is 10.0. The van der Waals surface area contributed by atoms with Crippen LogP contribution >= 0.6 is 0 Å². The fourth-order valence-corrected chi connectivity index (χ4v) is 2.22. The Morgan fingerprint density at radius 1 is 1.43 bits per heavy atom. The van der Waals surface area contributed by atoms with E-state index in [0.29, 0.717) is 19.8 Å². The van der Waals surface area contributed by atoms with Gasteiger partial charge in [0.25, 0.3) is 0 Å². The predicted octanol–water partition coefficient (Wildman–Crippen LogP) is 2.17. The van der Waals surface area contributed by atoms with Crippen LogP contribution < -0.4 is 5.32 Å². The normalized spacial score (nSPS) is 17.4. The average molecular weight is 296 g/mol. The van der Waals surface area contributed by atoms with Gasteiger partial charge < -0.3 is 20.1 Å². The van der Waals surface area contributed by atoms with Crippen LogP contribution in [0, 0.1) is 5.82 Å². The summed E-state index contributed by atoms with van der Waals surface area (Å²) in [6.45, 7) is 4.86. The zero-order valence-corrected chi connectivity index (χ0v) is 11.9. The molecule has 1 aliphatic heterocycles. The van der Waals surface area contributed by atoms with Crippen LogP contribution in [0.2, 0.25) is 0 Å². The van der Waals surface area contributed by atoms with Gasteiger partial charge in [0.05, 0.1) is 30.0 Å². The summed E-state index contributed by atoms with van der Waals surface area (Å²) in [5.74, 6) is -1.84. The highest BCUT2D eigenvalue weighted by molar-refractivity contribution is 6.00. The molecule has 1 heterocycles. The molecule has 1 saturated heterocycles. The summed E-state index contributed by atoms with van der Waals surface area (Å²) in [6.07, 6.45) is 0. The van der Waals surface area contributed by atoms with Crippen molar-refractivity contribution in [2.24, 2.45) is 0 Å². The number of hydrogen-bond acceptors (Lipinski definition) is 3. The van der Waals surface area contributed by atoms with Gasteiger partial charge in [0.15, 0.2) is 0 Å². The van der Waals surface area contributed by atoms with Crippen LogP contribution in [-0.2, 0) is 4.74 Å². The quantitative estimate of drug-likeness (QED) is 0.876. The van der Waals surface area contributed by atoms with Crippen LogP contribution in [0.3, 0.4) is 0 Å². The fraction of sp³-hybridized carbons (Fsp3) is 0.429. The van der Waals surface area contributed by atoms with Gasteiger partial charge in [-0.2, -0.15) is 0 Å². The number of amides is 2. The molecule has 1 fully saturated rings. The fourth-order valence-electron chi connectivity index (χ4n) is 2.22. The Hall–Kier alpha value is -2.15. The highest BCUT2D eigenvalue weighted by Gasteiger charge is 2.34. The number of morpholine rings is 1. The molecule has 1 aromatic rings. The molecule has 2 N–H and O–H groups in total. The van der Waals surface area contributed by atoms with E-state index in [1.807, 2.05) is 13.8 Å². The minimum absolute atomic E-state index is 0.0604. The molecule has 2 rings (SSSR count). The van der Waals surface area contributed by atoms with Crippen molar-refractivity contribution in [2.75, 3.05) is 25.1 Å². The zero-order valence-electron chi connectivity index (χ0n) is 11.9. The van der Waals surface area contributed by atoms with Gasteiger partial charge in [-0.3, -0.25) is 0 Å². The largest absolute Gasteiger partial charge is 0.478 e. The standard InChI is InChI=1S/C14H17FN2O4/c1-14(2)8-21-6-5-17(14)13(20)16-11-7-9(15)3-4-10(11)12(18)19/h3-4,7H,5-6,8H2,1-2H3,(H,16,20)(H,18,19). The average Bonchev–Trinajstić information content (AvgIpc) is 2.37. The summed E-state index contributed by atoms with van der Waals surface area (Å²) < 4.78 is 18.6. The maximum Gasteiger partial charge on any atom is 0.337 e. The Bertz CT molecular complexity index is 574. The Labute approximate surface area is 121 Å². The topological polar surface area (TPSA) is 78.9 Å². The summed E-state index contributed by atoms with van der Waals surface area (Å²) in [4.78, 5) is 25.0. The van der Waals surface area contributed by atoms with Gasteiger partial charge in [-0.25, -0.2) is 14.0 Å². The summed E-state index contributed by atoms with van der Waals surface area (Å²) in [7, 11) is 0. The lowest BCUT2D eigenvalue weighted by Gasteiger charge is -2.41. The highest BCUT2D eigenvalue weighted by Crippen LogP contribution is 2.22. The van der Waals surface area contributed by atoms with Crippen LogP contribution in [0.1, 0.15) is 24.2 Å². The Morgan fingerprint density at radius 2 is 2.14 bits per heavy atom. The van der Waals surface area contributed by atoms with Gasteiger partial charge in [0, 0.05) is 6.54 Å². The molecule has 0 aliphatic carbocycles. The molecule has 0 aromatic heterocycles. The van der Waals surface area contributed by atoms with Crippen LogP contribution in [0.15, 0.2) is 18.2 Å². The third-order valence-electron chi connectivity index (χ3n) is 3.34. The molecule has 6 nitrogen and oxygen atoms in total. The number of halogens is 1. The maximum absolute atomic E-state index is 13.3.